The molecule has 1 fully saturated rings. The average molecular weight is 494 g/mol. The number of methoxy groups -OCH3 is 2. The predicted octanol–water partition coefficient (Wildman–Crippen LogP) is 4.74. The van der Waals surface area contributed by atoms with Gasteiger partial charge in [-0.2, -0.15) is 0 Å². The molecule has 1 spiro atoms. The Balaban J connectivity index is 1.47. The lowest BCUT2D eigenvalue weighted by Gasteiger charge is -2.32. The van der Waals surface area contributed by atoms with Crippen LogP contribution in [0.25, 0.3) is 5.57 Å². The second-order valence-electron chi connectivity index (χ2n) is 8.82. The maximum Gasteiger partial charge on any atom is 0.288 e. The van der Waals surface area contributed by atoms with Gasteiger partial charge in [-0.05, 0) is 71.7 Å². The molecule has 36 heavy (non-hydrogen) atoms. The van der Waals surface area contributed by atoms with Gasteiger partial charge in [-0.1, -0.05) is 11.6 Å². The van der Waals surface area contributed by atoms with E-state index in [4.69, 9.17) is 23.4 Å². The summed E-state index contributed by atoms with van der Waals surface area (Å²) in [6.07, 6.45) is 7.45. The van der Waals surface area contributed by atoms with Crippen LogP contribution in [-0.4, -0.2) is 39.1 Å². The second-order valence-corrected chi connectivity index (χ2v) is 8.82. The number of benzene rings is 1. The Morgan fingerprint density at radius 2 is 1.89 bits per heavy atom. The predicted molar refractivity (Wildman–Crippen MR) is 130 cm³/mol. The van der Waals surface area contributed by atoms with Gasteiger partial charge in [0.1, 0.15) is 11.6 Å². The van der Waals surface area contributed by atoms with Crippen molar-refractivity contribution >= 4 is 11.5 Å². The fourth-order valence-electron chi connectivity index (χ4n) is 5.00. The first-order valence-electron chi connectivity index (χ1n) is 11.8. The summed E-state index contributed by atoms with van der Waals surface area (Å²) in [5.41, 5.74) is 4.38. The Bertz CT molecular complexity index is 1260. The molecule has 1 aromatic heterocycles. The zero-order valence-corrected chi connectivity index (χ0v) is 20.4. The van der Waals surface area contributed by atoms with Crippen LogP contribution >= 0.6 is 0 Å². The molecule has 7 nitrogen and oxygen atoms in total. The lowest BCUT2D eigenvalue weighted by molar-refractivity contribution is -0.150. The van der Waals surface area contributed by atoms with Crippen LogP contribution in [0.3, 0.4) is 0 Å². The molecule has 1 aliphatic heterocycles. The maximum atomic E-state index is 14.3. The third-order valence-corrected chi connectivity index (χ3v) is 6.75. The molecule has 3 aliphatic rings. The van der Waals surface area contributed by atoms with Crippen molar-refractivity contribution < 1.29 is 32.5 Å². The van der Waals surface area contributed by atoms with Gasteiger partial charge in [0.05, 0.1) is 40.2 Å². The van der Waals surface area contributed by atoms with Crippen molar-refractivity contribution in [1.29, 1.82) is 0 Å². The van der Waals surface area contributed by atoms with Crippen LogP contribution < -0.4 is 5.32 Å². The summed E-state index contributed by atoms with van der Waals surface area (Å²) in [7, 11) is 3.12. The average Bonchev–Trinajstić information content (AvgIpc) is 3.62. The normalized spacial score (nSPS) is 20.2. The lowest BCUT2D eigenvalue weighted by Crippen LogP contribution is -2.38. The number of carbonyl (C=O) groups excluding carboxylic acids is 1. The van der Waals surface area contributed by atoms with E-state index in [2.05, 4.69) is 5.32 Å². The van der Waals surface area contributed by atoms with Gasteiger partial charge in [-0.3, -0.25) is 4.79 Å². The van der Waals surface area contributed by atoms with Gasteiger partial charge in [0, 0.05) is 12.3 Å². The number of halogens is 1. The summed E-state index contributed by atoms with van der Waals surface area (Å²) < 4.78 is 42.5. The van der Waals surface area contributed by atoms with Gasteiger partial charge in [0.15, 0.2) is 11.5 Å². The highest BCUT2D eigenvalue weighted by Crippen LogP contribution is 2.46. The quantitative estimate of drug-likeness (QED) is 0.600. The third kappa shape index (κ3) is 4.27. The second kappa shape index (κ2) is 9.79. The van der Waals surface area contributed by atoms with Crippen molar-refractivity contribution in [1.82, 2.24) is 5.32 Å². The number of allylic oxidation sites excluding steroid dienone is 6. The summed E-state index contributed by atoms with van der Waals surface area (Å²) in [6.45, 7) is 3.13. The fourth-order valence-corrected chi connectivity index (χ4v) is 5.00. The molecule has 1 aromatic carbocycles. The summed E-state index contributed by atoms with van der Waals surface area (Å²) in [5.74, 6) is -0.286. The first-order chi connectivity index (χ1) is 17.4. The highest BCUT2D eigenvalue weighted by Gasteiger charge is 2.49. The minimum Gasteiger partial charge on any atom is -0.495 e. The molecule has 2 aromatic rings. The number of carbonyl (C=O) groups is 1. The van der Waals surface area contributed by atoms with Crippen molar-refractivity contribution in [3.8, 4) is 0 Å². The van der Waals surface area contributed by atoms with E-state index >= 15 is 0 Å². The Labute approximate surface area is 208 Å². The van der Waals surface area contributed by atoms with E-state index in [9.17, 15) is 9.18 Å². The van der Waals surface area contributed by atoms with Gasteiger partial charge >= 0.3 is 0 Å². The monoisotopic (exact) mass is 493 g/mol. The minimum absolute atomic E-state index is 0.141. The van der Waals surface area contributed by atoms with E-state index in [1.165, 1.54) is 12.1 Å². The summed E-state index contributed by atoms with van der Waals surface area (Å²) in [5, 5.41) is 2.88. The molecule has 1 unspecified atom stereocenters. The smallest absolute Gasteiger partial charge is 0.288 e. The first-order valence-corrected chi connectivity index (χ1v) is 11.8. The highest BCUT2D eigenvalue weighted by atomic mass is 19.1. The SMILES string of the molecule is COC1=CC(=CC2=C(C)C(CC(=O)NCc3ccco3)c3cc(F)ccc32)C=C(OC)C12OCCO2. The molecule has 0 radical (unpaired) electrons. The minimum atomic E-state index is -1.18. The summed E-state index contributed by atoms with van der Waals surface area (Å²) in [6, 6.07) is 8.28. The molecule has 1 atom stereocenters. The molecule has 1 amide bonds. The first kappa shape index (κ1) is 24.1. The molecule has 0 saturated carbocycles. The molecule has 2 aliphatic carbocycles. The van der Waals surface area contributed by atoms with E-state index in [-0.39, 0.29) is 24.1 Å². The Kier molecular flexibility index (Phi) is 6.55. The van der Waals surface area contributed by atoms with Gasteiger partial charge in [0.2, 0.25) is 5.91 Å². The number of hydrogen-bond donors (Lipinski definition) is 1. The van der Waals surface area contributed by atoms with Crippen LogP contribution in [0.2, 0.25) is 0 Å². The summed E-state index contributed by atoms with van der Waals surface area (Å²) >= 11 is 0. The fraction of sp³-hybridized carbons (Fsp3) is 0.321. The van der Waals surface area contributed by atoms with Crippen molar-refractivity contribution in [3.05, 3.63) is 100 Å². The standard InChI is InChI=1S/C28H28FNO6/c1-17-22(11-18-12-25(32-2)28(26(13-18)33-3)35-9-10-36-28)21-7-6-19(29)14-24(21)23(17)15-27(31)30-16-20-5-4-8-34-20/h4-8,11-14,23H,9-10,15-16H2,1-3H3,(H,30,31). The molecular formula is C28H28FNO6. The molecule has 0 bridgehead atoms. The third-order valence-electron chi connectivity index (χ3n) is 6.75. The van der Waals surface area contributed by atoms with E-state index in [1.807, 2.05) is 25.2 Å². The number of nitrogens with one attached hydrogen (secondary N) is 1. The van der Waals surface area contributed by atoms with E-state index in [0.717, 1.165) is 27.8 Å². The number of furan rings is 1. The van der Waals surface area contributed by atoms with Crippen molar-refractivity contribution in [2.45, 2.75) is 31.6 Å². The van der Waals surface area contributed by atoms with Crippen molar-refractivity contribution in [3.63, 3.8) is 0 Å². The van der Waals surface area contributed by atoms with Crippen molar-refractivity contribution in [2.24, 2.45) is 0 Å². The zero-order valence-electron chi connectivity index (χ0n) is 20.4. The molecule has 1 N–H and O–H groups in total. The van der Waals surface area contributed by atoms with Gasteiger partial charge < -0.3 is 28.7 Å². The van der Waals surface area contributed by atoms with Crippen LogP contribution in [0.4, 0.5) is 4.39 Å². The molecular weight excluding hydrogens is 465 g/mol. The molecule has 8 heteroatoms. The Morgan fingerprint density at radius 1 is 1.17 bits per heavy atom. The molecule has 1 saturated heterocycles. The Hall–Kier alpha value is -3.62. The van der Waals surface area contributed by atoms with Crippen LogP contribution in [-0.2, 0) is 30.3 Å². The largest absolute Gasteiger partial charge is 0.495 e. The van der Waals surface area contributed by atoms with Crippen molar-refractivity contribution in [2.75, 3.05) is 27.4 Å². The Morgan fingerprint density at radius 3 is 2.53 bits per heavy atom. The zero-order chi connectivity index (χ0) is 25.3. The highest BCUT2D eigenvalue weighted by molar-refractivity contribution is 5.88. The number of fused-ring (bicyclic) bond motifs is 1. The molecule has 188 valence electrons. The van der Waals surface area contributed by atoms with Gasteiger partial charge in [0.25, 0.3) is 5.79 Å². The molecule has 5 rings (SSSR count). The number of ether oxygens (including phenoxy) is 4. The molecule has 2 heterocycles. The number of rotatable bonds is 7. The van der Waals surface area contributed by atoms with Crippen LogP contribution in [0.5, 0.6) is 0 Å². The topological polar surface area (TPSA) is 79.2 Å². The van der Waals surface area contributed by atoms with E-state index in [0.29, 0.717) is 37.0 Å². The number of hydrogen-bond acceptors (Lipinski definition) is 6. The van der Waals surface area contributed by atoms with Crippen LogP contribution in [0.15, 0.2) is 81.9 Å². The summed E-state index contributed by atoms with van der Waals surface area (Å²) in [4.78, 5) is 12.8. The van der Waals surface area contributed by atoms with E-state index < -0.39 is 5.79 Å². The maximum absolute atomic E-state index is 14.3. The number of amides is 1. The van der Waals surface area contributed by atoms with Crippen LogP contribution in [0.1, 0.15) is 36.1 Å². The van der Waals surface area contributed by atoms with E-state index in [1.54, 1.807) is 38.7 Å². The lowest BCUT2D eigenvalue weighted by atomic mass is 9.92. The van der Waals surface area contributed by atoms with Gasteiger partial charge in [-0.15, -0.1) is 0 Å². The van der Waals surface area contributed by atoms with Crippen LogP contribution in [0, 0.1) is 5.82 Å². The van der Waals surface area contributed by atoms with Gasteiger partial charge in [-0.25, -0.2) is 4.39 Å².